The third-order valence-corrected chi connectivity index (χ3v) is 6.90. The topological polar surface area (TPSA) is 125 Å². The van der Waals surface area contributed by atoms with Crippen LogP contribution in [0.2, 0.25) is 0 Å². The van der Waals surface area contributed by atoms with E-state index in [2.05, 4.69) is 14.7 Å². The Bertz CT molecular complexity index is 1020. The first-order chi connectivity index (χ1) is 14.7. The van der Waals surface area contributed by atoms with Gasteiger partial charge in [0.25, 0.3) is 0 Å². The molecule has 2 atom stereocenters. The largest absolute Gasteiger partial charge is 0.472 e. The second-order valence-electron chi connectivity index (χ2n) is 6.81. The van der Waals surface area contributed by atoms with Gasteiger partial charge in [-0.1, -0.05) is 23.9 Å². The van der Waals surface area contributed by atoms with E-state index in [-0.39, 0.29) is 28.2 Å². The molecule has 3 rings (SSSR count). The van der Waals surface area contributed by atoms with Gasteiger partial charge in [-0.25, -0.2) is 13.8 Å². The molecule has 0 bridgehead atoms. The predicted molar refractivity (Wildman–Crippen MR) is 110 cm³/mol. The quantitative estimate of drug-likeness (QED) is 0.344. The minimum Gasteiger partial charge on any atom is -0.472 e. The Morgan fingerprint density at radius 2 is 2.06 bits per heavy atom. The molecule has 0 spiro atoms. The fourth-order valence-corrected chi connectivity index (χ4v) is 4.59. The van der Waals surface area contributed by atoms with Crippen LogP contribution < -0.4 is 9.46 Å². The molecule has 1 aliphatic rings. The van der Waals surface area contributed by atoms with Gasteiger partial charge in [0.05, 0.1) is 6.61 Å². The number of aromatic nitrogens is 2. The molecule has 1 fully saturated rings. The maximum atomic E-state index is 13.9. The van der Waals surface area contributed by atoms with Crippen molar-refractivity contribution in [3.8, 4) is 5.88 Å². The lowest BCUT2D eigenvalue weighted by molar-refractivity contribution is 0.00599. The lowest BCUT2D eigenvalue weighted by atomic mass is 10.2. The summed E-state index contributed by atoms with van der Waals surface area (Å²) in [5.74, 6) is -2.12. The lowest BCUT2D eigenvalue weighted by Crippen LogP contribution is -2.45. The van der Waals surface area contributed by atoms with Crippen LogP contribution in [0.1, 0.15) is 18.9 Å². The number of nitrogens with one attached hydrogen (secondary N) is 1. The van der Waals surface area contributed by atoms with Crippen LogP contribution in [0.3, 0.4) is 0 Å². The molecule has 1 aromatic heterocycles. The SMILES string of the molecule is C[C@@H](O[13c]1[13cH][13c](NS(=O)(=O)N2CCC2)[15n][13c](SCc2cccc(F)c2F)[15n]1)[C@@H](O)CO. The third-order valence-electron chi connectivity index (χ3n) is 4.49. The molecule has 3 N–H and O–H groups in total. The van der Waals surface area contributed by atoms with Gasteiger partial charge in [0, 0.05) is 30.5 Å². The minimum atomic E-state index is -3.81. The summed E-state index contributed by atoms with van der Waals surface area (Å²) in [6.45, 7) is 1.75. The number of halogens is 2. The van der Waals surface area contributed by atoms with Crippen molar-refractivity contribution < 1.29 is 32.1 Å². The Balaban J connectivity index is 1.83. The Morgan fingerprint density at radius 1 is 1.32 bits per heavy atom. The van der Waals surface area contributed by atoms with E-state index in [0.717, 1.165) is 24.2 Å². The maximum Gasteiger partial charge on any atom is 0.302 e. The number of thioether (sulfide) groups is 1. The molecule has 1 aromatic carbocycles. The van der Waals surface area contributed by atoms with Crippen molar-refractivity contribution in [2.24, 2.45) is 0 Å². The summed E-state index contributed by atoms with van der Waals surface area (Å²) in [6.07, 6.45) is -1.28. The van der Waals surface area contributed by atoms with Gasteiger partial charge in [0.1, 0.15) is 18.0 Å². The van der Waals surface area contributed by atoms with Crippen molar-refractivity contribution in [1.29, 1.82) is 0 Å². The molecular formula is C18H22F2N4O5S2. The van der Waals surface area contributed by atoms with E-state index in [1.54, 1.807) is 0 Å². The van der Waals surface area contributed by atoms with Gasteiger partial charge < -0.3 is 14.9 Å². The number of ether oxygens (including phenoxy) is 1. The van der Waals surface area contributed by atoms with Gasteiger partial charge in [0.15, 0.2) is 16.8 Å². The number of hydrogen-bond acceptors (Lipinski definition) is 8. The second kappa shape index (κ2) is 10.0. The average molecular weight is 482 g/mol. The average Bonchev–Trinajstić information content (AvgIpc) is 2.66. The van der Waals surface area contributed by atoms with Crippen LogP contribution in [0.5, 0.6) is 5.88 Å². The van der Waals surface area contributed by atoms with Crippen molar-refractivity contribution in [3.05, 3.63) is 41.5 Å². The number of aliphatic hydroxyl groups excluding tert-OH is 2. The van der Waals surface area contributed by atoms with E-state index in [4.69, 9.17) is 9.84 Å². The van der Waals surface area contributed by atoms with E-state index in [9.17, 15) is 22.3 Å². The van der Waals surface area contributed by atoms with Crippen LogP contribution in [0, 0.1) is 11.6 Å². The predicted octanol–water partition coefficient (Wildman–Crippen LogP) is 1.53. The molecule has 1 saturated heterocycles. The first kappa shape index (κ1) is 23.6. The summed E-state index contributed by atoms with van der Waals surface area (Å²) in [7, 11) is -3.81. The van der Waals surface area contributed by atoms with E-state index in [1.165, 1.54) is 29.4 Å². The number of anilines is 1. The monoisotopic (exact) mass is 482 g/mol. The first-order valence-electron chi connectivity index (χ1n) is 9.38. The standard InChI is InChI=1S/C18H22F2N4O5S2/c1-11(14(26)9-25)29-16-8-15(23-31(27,28)24-6-3-7-24)21-18(22-16)30-10-12-4-2-5-13(19)17(12)20/h2,4-5,8,11,14,25-26H,3,6-7,9-10H2,1H3,(H,21,22,23)/t11-,14+/m1/s1/i8+1,15+1,16+1,18+1,21+1,22+1. The molecule has 9 nitrogen and oxygen atoms in total. The van der Waals surface area contributed by atoms with Gasteiger partial charge >= 0.3 is 10.2 Å². The smallest absolute Gasteiger partial charge is 0.302 e. The lowest BCUT2D eigenvalue weighted by Gasteiger charge is -2.29. The van der Waals surface area contributed by atoms with Crippen molar-refractivity contribution >= 4 is 27.8 Å². The summed E-state index contributed by atoms with van der Waals surface area (Å²) >= 11 is 0.951. The van der Waals surface area contributed by atoms with Crippen LogP contribution in [0.25, 0.3) is 0 Å². The normalized spacial score (nSPS) is 16.4. The molecule has 0 unspecified atom stereocenters. The van der Waals surface area contributed by atoms with Crippen molar-refractivity contribution in [2.75, 3.05) is 24.4 Å². The highest BCUT2D eigenvalue weighted by molar-refractivity contribution is 7.98. The number of hydrogen-bond donors (Lipinski definition) is 3. The Hall–Kier alpha value is -2.06. The molecule has 31 heavy (non-hydrogen) atoms. The summed E-state index contributed by atoms with van der Waals surface area (Å²) in [5, 5.41) is 18.8. The summed E-state index contributed by atoms with van der Waals surface area (Å²) in [5.41, 5.74) is 0.0895. The van der Waals surface area contributed by atoms with Gasteiger partial charge in [0.2, 0.25) is 5.88 Å². The molecule has 0 aliphatic carbocycles. The molecule has 13 heteroatoms. The minimum absolute atomic E-state index is 0.0137. The molecular weight excluding hydrogens is 460 g/mol. The van der Waals surface area contributed by atoms with Crippen molar-refractivity contribution in [2.45, 2.75) is 36.5 Å². The fourth-order valence-electron chi connectivity index (χ4n) is 2.52. The van der Waals surface area contributed by atoms with E-state index in [1.807, 2.05) is 0 Å². The number of benzene rings is 1. The zero-order valence-corrected chi connectivity index (χ0v) is 18.2. The highest BCUT2D eigenvalue weighted by Crippen LogP contribution is 2.27. The van der Waals surface area contributed by atoms with Gasteiger partial charge in [-0.3, -0.25) is 4.72 Å². The van der Waals surface area contributed by atoms with E-state index < -0.39 is 40.7 Å². The Kier molecular flexibility index (Phi) is 7.64. The molecule has 0 radical (unpaired) electrons. The Labute approximate surface area is 182 Å². The van der Waals surface area contributed by atoms with Crippen LogP contribution in [0.15, 0.2) is 29.4 Å². The van der Waals surface area contributed by atoms with E-state index >= 15 is 0 Å². The van der Waals surface area contributed by atoms with E-state index in [0.29, 0.717) is 13.1 Å². The summed E-state index contributed by atoms with van der Waals surface area (Å²) in [4.78, 5) is 8.26. The Morgan fingerprint density at radius 3 is 2.71 bits per heavy atom. The zero-order chi connectivity index (χ0) is 22.6. The van der Waals surface area contributed by atoms with Gasteiger partial charge in [-0.15, -0.1) is 0 Å². The molecule has 0 saturated carbocycles. The van der Waals surface area contributed by atoms with Crippen LogP contribution in [-0.2, 0) is 16.0 Å². The second-order valence-corrected chi connectivity index (χ2v) is 9.42. The van der Waals surface area contributed by atoms with Crippen LogP contribution >= 0.6 is 11.8 Å². The summed E-state index contributed by atoms with van der Waals surface area (Å²) < 4.78 is 61.2. The van der Waals surface area contributed by atoms with Crippen LogP contribution in [-0.4, -0.2) is 64.8 Å². The fraction of sp³-hybridized carbons (Fsp3) is 0.444. The summed E-state index contributed by atoms with van der Waals surface area (Å²) in [6, 6.07) is 5.04. The number of aliphatic hydroxyl groups is 2. The highest BCUT2D eigenvalue weighted by atomic mass is 32.2. The molecule has 2 heterocycles. The maximum absolute atomic E-state index is 13.9. The van der Waals surface area contributed by atoms with Crippen molar-refractivity contribution in [1.82, 2.24) is 14.3 Å². The third kappa shape index (κ3) is 6.01. The first-order valence-corrected chi connectivity index (χ1v) is 11.8. The van der Waals surface area contributed by atoms with Crippen molar-refractivity contribution in [3.63, 3.8) is 0 Å². The van der Waals surface area contributed by atoms with Gasteiger partial charge in [-0.05, 0) is 19.4 Å². The molecule has 0 amide bonds. The number of rotatable bonds is 10. The number of nitrogens with zero attached hydrogens (tertiary/aromatic N) is 3. The van der Waals surface area contributed by atoms with Crippen LogP contribution in [0.4, 0.5) is 14.6 Å². The zero-order valence-electron chi connectivity index (χ0n) is 16.5. The molecule has 2 aromatic rings. The molecule has 1 aliphatic heterocycles. The molecule has 170 valence electrons. The van der Waals surface area contributed by atoms with Gasteiger partial charge in [-0.2, -0.15) is 17.7 Å². The highest BCUT2D eigenvalue weighted by Gasteiger charge is 2.28.